The molecule has 2 aromatic heterocycles. The molecule has 6 nitrogen and oxygen atoms in total. The molecule has 1 atom stereocenters. The Bertz CT molecular complexity index is 634. The number of carbonyl (C=O) groups is 1. The monoisotopic (exact) mass is 281 g/mol. The lowest BCUT2D eigenvalue weighted by atomic mass is 10.1. The largest absolute Gasteiger partial charge is 0.480 e. The van der Waals surface area contributed by atoms with Gasteiger partial charge in [0.25, 0.3) is 5.56 Å². The Morgan fingerprint density at radius 3 is 3.11 bits per heavy atom. The van der Waals surface area contributed by atoms with Gasteiger partial charge in [-0.1, -0.05) is 13.3 Å². The number of fused-ring (bicyclic) bond motifs is 1. The molecule has 2 N–H and O–H groups in total. The number of rotatable bonds is 6. The molecule has 2 rings (SSSR count). The summed E-state index contributed by atoms with van der Waals surface area (Å²) in [5.41, 5.74) is 0.417. The second-order valence-electron chi connectivity index (χ2n) is 4.20. The number of thiazole rings is 1. The van der Waals surface area contributed by atoms with Crippen molar-refractivity contribution in [2.75, 3.05) is 0 Å². The van der Waals surface area contributed by atoms with E-state index >= 15 is 0 Å². The third kappa shape index (κ3) is 3.18. The first-order valence-electron chi connectivity index (χ1n) is 6.03. The number of carboxylic acids is 1. The first kappa shape index (κ1) is 13.7. The minimum atomic E-state index is -0.879. The number of carboxylic acid groups (broad SMARTS) is 1. The van der Waals surface area contributed by atoms with Gasteiger partial charge in [0.15, 0.2) is 4.96 Å². The van der Waals surface area contributed by atoms with Crippen molar-refractivity contribution < 1.29 is 9.90 Å². The van der Waals surface area contributed by atoms with E-state index < -0.39 is 12.0 Å². The van der Waals surface area contributed by atoms with Crippen LogP contribution in [0.2, 0.25) is 0 Å². The molecule has 1 unspecified atom stereocenters. The van der Waals surface area contributed by atoms with Gasteiger partial charge in [-0.25, -0.2) is 4.98 Å². The van der Waals surface area contributed by atoms with Crippen LogP contribution in [0.25, 0.3) is 4.96 Å². The normalized spacial score (nSPS) is 12.7. The van der Waals surface area contributed by atoms with Crippen molar-refractivity contribution in [2.24, 2.45) is 0 Å². The third-order valence-corrected chi connectivity index (χ3v) is 3.52. The van der Waals surface area contributed by atoms with Crippen LogP contribution in [-0.2, 0) is 11.3 Å². The summed E-state index contributed by atoms with van der Waals surface area (Å²) in [7, 11) is 0. The highest BCUT2D eigenvalue weighted by Gasteiger charge is 2.15. The molecular weight excluding hydrogens is 266 g/mol. The summed E-state index contributed by atoms with van der Waals surface area (Å²) in [5, 5.41) is 13.7. The van der Waals surface area contributed by atoms with Crippen molar-refractivity contribution in [3.8, 4) is 0 Å². The van der Waals surface area contributed by atoms with Crippen molar-refractivity contribution in [1.29, 1.82) is 0 Å². The summed E-state index contributed by atoms with van der Waals surface area (Å²) in [5.74, 6) is -0.879. The summed E-state index contributed by atoms with van der Waals surface area (Å²) in [6.45, 7) is 2.21. The summed E-state index contributed by atoms with van der Waals surface area (Å²) >= 11 is 1.37. The van der Waals surface area contributed by atoms with Gasteiger partial charge in [0.05, 0.1) is 5.69 Å². The molecule has 0 bridgehead atoms. The topological polar surface area (TPSA) is 83.7 Å². The van der Waals surface area contributed by atoms with Gasteiger partial charge >= 0.3 is 5.97 Å². The van der Waals surface area contributed by atoms with Crippen molar-refractivity contribution in [3.63, 3.8) is 0 Å². The zero-order valence-electron chi connectivity index (χ0n) is 10.5. The molecule has 0 fully saturated rings. The van der Waals surface area contributed by atoms with E-state index in [4.69, 9.17) is 5.11 Å². The molecule has 0 saturated heterocycles. The lowest BCUT2D eigenvalue weighted by molar-refractivity contribution is -0.139. The number of hydrogen-bond acceptors (Lipinski definition) is 5. The Labute approximate surface area is 113 Å². The fourth-order valence-corrected chi connectivity index (χ4v) is 2.55. The SMILES string of the molecule is CCCC(NCc1cc(=O)n2ccsc2n1)C(=O)O. The molecular formula is C12H15N3O3S. The molecule has 0 aliphatic rings. The lowest BCUT2D eigenvalue weighted by Crippen LogP contribution is -2.36. The molecule has 0 aliphatic heterocycles. The van der Waals surface area contributed by atoms with Crippen LogP contribution in [0.5, 0.6) is 0 Å². The number of aromatic nitrogens is 2. The summed E-state index contributed by atoms with van der Waals surface area (Å²) < 4.78 is 1.47. The van der Waals surface area contributed by atoms with Crippen LogP contribution in [0, 0.1) is 0 Å². The van der Waals surface area contributed by atoms with Gasteiger partial charge in [0, 0.05) is 24.2 Å². The molecule has 0 aliphatic carbocycles. The Morgan fingerprint density at radius 2 is 2.42 bits per heavy atom. The second kappa shape index (κ2) is 5.94. The van der Waals surface area contributed by atoms with E-state index in [1.807, 2.05) is 6.92 Å². The van der Waals surface area contributed by atoms with Crippen LogP contribution in [0.3, 0.4) is 0 Å². The second-order valence-corrected chi connectivity index (χ2v) is 5.07. The maximum Gasteiger partial charge on any atom is 0.320 e. The molecule has 0 saturated carbocycles. The fraction of sp³-hybridized carbons (Fsp3) is 0.417. The quantitative estimate of drug-likeness (QED) is 0.828. The molecule has 0 aromatic carbocycles. The van der Waals surface area contributed by atoms with Crippen LogP contribution in [0.1, 0.15) is 25.5 Å². The number of aliphatic carboxylic acids is 1. The smallest absolute Gasteiger partial charge is 0.320 e. The standard InChI is InChI=1S/C12H15N3O3S/c1-2-3-9(11(17)18)13-7-8-6-10(16)15-4-5-19-12(15)14-8/h4-6,9,13H,2-3,7H2,1H3,(H,17,18). The van der Waals surface area contributed by atoms with E-state index in [0.29, 0.717) is 17.1 Å². The summed E-state index contributed by atoms with van der Waals surface area (Å²) in [6, 6.07) is 0.825. The molecule has 19 heavy (non-hydrogen) atoms. The van der Waals surface area contributed by atoms with Crippen molar-refractivity contribution in [3.05, 3.63) is 33.7 Å². The average Bonchev–Trinajstić information content (AvgIpc) is 2.82. The predicted octanol–water partition coefficient (Wildman–Crippen LogP) is 1.10. The van der Waals surface area contributed by atoms with Crippen LogP contribution in [0.15, 0.2) is 22.4 Å². The van der Waals surface area contributed by atoms with Crippen molar-refractivity contribution in [1.82, 2.24) is 14.7 Å². The van der Waals surface area contributed by atoms with Crippen molar-refractivity contribution >= 4 is 22.3 Å². The Kier molecular flexibility index (Phi) is 4.28. The minimum absolute atomic E-state index is 0.148. The van der Waals surface area contributed by atoms with E-state index in [2.05, 4.69) is 10.3 Å². The number of hydrogen-bond donors (Lipinski definition) is 2. The van der Waals surface area contributed by atoms with Gasteiger partial charge in [-0.15, -0.1) is 11.3 Å². The van der Waals surface area contributed by atoms with Gasteiger partial charge in [0.1, 0.15) is 6.04 Å². The van der Waals surface area contributed by atoms with Crippen LogP contribution in [-0.4, -0.2) is 26.5 Å². The van der Waals surface area contributed by atoms with Gasteiger partial charge in [-0.3, -0.25) is 19.3 Å². The van der Waals surface area contributed by atoms with Crippen LogP contribution >= 0.6 is 11.3 Å². The van der Waals surface area contributed by atoms with Gasteiger partial charge in [0.2, 0.25) is 0 Å². The average molecular weight is 281 g/mol. The first-order valence-corrected chi connectivity index (χ1v) is 6.91. The zero-order valence-corrected chi connectivity index (χ0v) is 11.3. The highest BCUT2D eigenvalue weighted by Crippen LogP contribution is 2.07. The Hall–Kier alpha value is -1.73. The molecule has 102 valence electrons. The van der Waals surface area contributed by atoms with E-state index in [1.54, 1.807) is 11.6 Å². The first-order chi connectivity index (χ1) is 9.11. The van der Waals surface area contributed by atoms with Crippen LogP contribution < -0.4 is 10.9 Å². The molecule has 7 heteroatoms. The highest BCUT2D eigenvalue weighted by molar-refractivity contribution is 7.15. The zero-order chi connectivity index (χ0) is 13.8. The Balaban J connectivity index is 2.12. The molecule has 0 radical (unpaired) electrons. The lowest BCUT2D eigenvalue weighted by Gasteiger charge is -2.12. The van der Waals surface area contributed by atoms with Crippen LogP contribution in [0.4, 0.5) is 0 Å². The Morgan fingerprint density at radius 1 is 1.63 bits per heavy atom. The fourth-order valence-electron chi connectivity index (χ4n) is 1.81. The van der Waals surface area contributed by atoms with E-state index in [9.17, 15) is 9.59 Å². The van der Waals surface area contributed by atoms with Gasteiger partial charge in [-0.2, -0.15) is 0 Å². The van der Waals surface area contributed by atoms with E-state index in [0.717, 1.165) is 6.42 Å². The molecule has 0 amide bonds. The van der Waals surface area contributed by atoms with E-state index in [1.165, 1.54) is 21.8 Å². The third-order valence-electron chi connectivity index (χ3n) is 2.76. The number of nitrogens with zero attached hydrogens (tertiary/aromatic N) is 2. The number of nitrogens with one attached hydrogen (secondary N) is 1. The maximum atomic E-state index is 11.8. The molecule has 0 spiro atoms. The molecule has 2 heterocycles. The summed E-state index contributed by atoms with van der Waals surface area (Å²) in [4.78, 5) is 27.7. The minimum Gasteiger partial charge on any atom is -0.480 e. The highest BCUT2D eigenvalue weighted by atomic mass is 32.1. The maximum absolute atomic E-state index is 11.8. The molecule has 2 aromatic rings. The van der Waals surface area contributed by atoms with E-state index in [-0.39, 0.29) is 12.1 Å². The predicted molar refractivity (Wildman–Crippen MR) is 72.5 cm³/mol. The van der Waals surface area contributed by atoms with Crippen molar-refractivity contribution in [2.45, 2.75) is 32.4 Å². The van der Waals surface area contributed by atoms with Gasteiger partial charge in [-0.05, 0) is 6.42 Å². The van der Waals surface area contributed by atoms with Gasteiger partial charge < -0.3 is 5.11 Å². The summed E-state index contributed by atoms with van der Waals surface area (Å²) in [6.07, 6.45) is 3.00.